The largest absolute Gasteiger partial charge is 0.383 e. The molecule has 0 radical (unpaired) electrons. The van der Waals surface area contributed by atoms with Gasteiger partial charge in [-0.05, 0) is 35.9 Å². The number of nitrogens with zero attached hydrogens (tertiary/aromatic N) is 3. The number of amides is 3. The lowest BCUT2D eigenvalue weighted by Crippen LogP contribution is -2.27. The molecule has 0 aliphatic heterocycles. The van der Waals surface area contributed by atoms with Gasteiger partial charge in [0, 0.05) is 46.8 Å². The summed E-state index contributed by atoms with van der Waals surface area (Å²) >= 11 is 11.9. The molecule has 0 saturated heterocycles. The van der Waals surface area contributed by atoms with Crippen molar-refractivity contribution in [1.29, 1.82) is 0 Å². The Kier molecular flexibility index (Phi) is 7.35. The van der Waals surface area contributed by atoms with Gasteiger partial charge >= 0.3 is 6.03 Å². The summed E-state index contributed by atoms with van der Waals surface area (Å²) in [4.78, 5) is 29.3. The summed E-state index contributed by atoms with van der Waals surface area (Å²) in [5.41, 5.74) is 9.24. The fourth-order valence-corrected chi connectivity index (χ4v) is 4.03. The minimum atomic E-state index is -0.471. The Bertz CT molecular complexity index is 1370. The molecular weight excluding hydrogens is 493 g/mol. The predicted molar refractivity (Wildman–Crippen MR) is 136 cm³/mol. The number of hydrogen-bond donors (Lipinski definition) is 4. The van der Waals surface area contributed by atoms with Gasteiger partial charge in [0.2, 0.25) is 0 Å². The molecule has 35 heavy (non-hydrogen) atoms. The van der Waals surface area contributed by atoms with E-state index in [4.69, 9.17) is 33.7 Å². The third-order valence-electron chi connectivity index (χ3n) is 4.99. The number of ether oxygens (including phenoxy) is 1. The molecular formula is C23H21Cl2N7O3. The molecule has 0 aliphatic carbocycles. The average molecular weight is 514 g/mol. The fraction of sp³-hybridized carbons (Fsp3) is 0.130. The zero-order chi connectivity index (χ0) is 24.9. The van der Waals surface area contributed by atoms with Crippen LogP contribution in [-0.4, -0.2) is 46.8 Å². The second-order valence-electron chi connectivity index (χ2n) is 7.42. The Balaban J connectivity index is 1.59. The molecule has 12 heteroatoms. The molecule has 4 rings (SSSR count). The summed E-state index contributed by atoms with van der Waals surface area (Å²) in [7, 11) is 1.56. The summed E-state index contributed by atoms with van der Waals surface area (Å²) in [6, 6.07) is 11.2. The van der Waals surface area contributed by atoms with Crippen molar-refractivity contribution in [3.05, 3.63) is 70.6 Å². The number of anilines is 3. The van der Waals surface area contributed by atoms with E-state index in [1.54, 1.807) is 55.8 Å². The molecule has 5 N–H and O–H groups in total. The number of nitrogens with one attached hydrogen (secondary N) is 3. The third kappa shape index (κ3) is 5.62. The maximum absolute atomic E-state index is 12.9. The van der Waals surface area contributed by atoms with Crippen LogP contribution in [0.5, 0.6) is 0 Å². The summed E-state index contributed by atoms with van der Waals surface area (Å²) in [5.74, 6) is -0.0728. The number of carbonyl (C=O) groups excluding carboxylic acids is 2. The number of carbonyl (C=O) groups is 2. The van der Waals surface area contributed by atoms with E-state index < -0.39 is 6.03 Å². The van der Waals surface area contributed by atoms with E-state index in [-0.39, 0.29) is 11.7 Å². The van der Waals surface area contributed by atoms with Gasteiger partial charge in [-0.2, -0.15) is 5.10 Å². The van der Waals surface area contributed by atoms with Crippen LogP contribution in [0.1, 0.15) is 10.4 Å². The first-order valence-electron chi connectivity index (χ1n) is 10.4. The van der Waals surface area contributed by atoms with Gasteiger partial charge in [-0.1, -0.05) is 35.3 Å². The lowest BCUT2D eigenvalue weighted by Gasteiger charge is -2.10. The van der Waals surface area contributed by atoms with E-state index in [0.29, 0.717) is 56.8 Å². The van der Waals surface area contributed by atoms with Crippen molar-refractivity contribution in [2.75, 3.05) is 36.6 Å². The summed E-state index contributed by atoms with van der Waals surface area (Å²) in [5, 5.41) is 13.2. The number of fused-ring (bicyclic) bond motifs is 1. The van der Waals surface area contributed by atoms with E-state index in [2.05, 4.69) is 26.0 Å². The van der Waals surface area contributed by atoms with Crippen molar-refractivity contribution in [2.24, 2.45) is 0 Å². The van der Waals surface area contributed by atoms with E-state index in [9.17, 15) is 9.59 Å². The SMILES string of the molecule is COCCNC(=O)c1cn2ncnc(N)c2c1-c1ccc(NC(=O)Nc2cc(Cl)cc(Cl)c2)cc1. The smallest absolute Gasteiger partial charge is 0.323 e. The van der Waals surface area contributed by atoms with Crippen LogP contribution >= 0.6 is 23.2 Å². The lowest BCUT2D eigenvalue weighted by molar-refractivity contribution is 0.0937. The number of hydrogen-bond acceptors (Lipinski definition) is 6. The van der Waals surface area contributed by atoms with Crippen LogP contribution < -0.4 is 21.7 Å². The molecule has 0 atom stereocenters. The number of aromatic nitrogens is 3. The maximum atomic E-state index is 12.9. The Hall–Kier alpha value is -3.86. The first kappa shape index (κ1) is 24.3. The molecule has 0 aliphatic rings. The number of methoxy groups -OCH3 is 1. The molecule has 2 aromatic heterocycles. The average Bonchev–Trinajstić information content (AvgIpc) is 3.20. The molecule has 0 unspecified atom stereocenters. The van der Waals surface area contributed by atoms with Gasteiger partial charge in [0.05, 0.1) is 12.2 Å². The monoisotopic (exact) mass is 513 g/mol. The molecule has 10 nitrogen and oxygen atoms in total. The standard InChI is InChI=1S/C23H21Cl2N7O3/c1-35-7-6-27-22(33)18-11-32-20(21(26)28-12-29-32)19(18)13-2-4-16(5-3-13)30-23(34)31-17-9-14(24)8-15(25)10-17/h2-5,8-12H,6-7H2,1H3,(H,27,33)(H2,26,28,29)(H2,30,31,34). The summed E-state index contributed by atoms with van der Waals surface area (Å²) in [6.07, 6.45) is 2.91. The molecule has 0 spiro atoms. The van der Waals surface area contributed by atoms with E-state index in [1.807, 2.05) is 0 Å². The van der Waals surface area contributed by atoms with Gasteiger partial charge in [-0.15, -0.1) is 0 Å². The molecule has 0 bridgehead atoms. The van der Waals surface area contributed by atoms with Crippen molar-refractivity contribution in [3.63, 3.8) is 0 Å². The maximum Gasteiger partial charge on any atom is 0.323 e. The van der Waals surface area contributed by atoms with Crippen LogP contribution in [0.2, 0.25) is 10.0 Å². The van der Waals surface area contributed by atoms with Crippen molar-refractivity contribution < 1.29 is 14.3 Å². The van der Waals surface area contributed by atoms with Crippen LogP contribution in [0.25, 0.3) is 16.6 Å². The van der Waals surface area contributed by atoms with E-state index in [0.717, 1.165) is 0 Å². The number of halogens is 2. The van der Waals surface area contributed by atoms with Gasteiger partial charge < -0.3 is 26.4 Å². The second kappa shape index (κ2) is 10.6. The van der Waals surface area contributed by atoms with Crippen LogP contribution in [0, 0.1) is 0 Å². The molecule has 0 saturated carbocycles. The Morgan fingerprint density at radius 3 is 2.43 bits per heavy atom. The summed E-state index contributed by atoms with van der Waals surface area (Å²) < 4.78 is 6.51. The topological polar surface area (TPSA) is 136 Å². The van der Waals surface area contributed by atoms with Gasteiger partial charge in [-0.3, -0.25) is 4.79 Å². The van der Waals surface area contributed by atoms with Crippen LogP contribution in [0.4, 0.5) is 22.0 Å². The highest BCUT2D eigenvalue weighted by Crippen LogP contribution is 2.33. The highest BCUT2D eigenvalue weighted by atomic mass is 35.5. The number of benzene rings is 2. The quantitative estimate of drug-likeness (QED) is 0.272. The minimum absolute atomic E-state index is 0.229. The van der Waals surface area contributed by atoms with E-state index in [1.165, 1.54) is 10.8 Å². The minimum Gasteiger partial charge on any atom is -0.383 e. The van der Waals surface area contributed by atoms with Crippen molar-refractivity contribution in [3.8, 4) is 11.1 Å². The predicted octanol–water partition coefficient (Wildman–Crippen LogP) is 4.31. The van der Waals surface area contributed by atoms with Gasteiger partial charge in [0.1, 0.15) is 11.8 Å². The number of nitrogen functional groups attached to an aromatic ring is 1. The van der Waals surface area contributed by atoms with Crippen LogP contribution in [-0.2, 0) is 4.74 Å². The molecule has 2 aromatic carbocycles. The molecule has 180 valence electrons. The normalized spacial score (nSPS) is 10.8. The van der Waals surface area contributed by atoms with Crippen molar-refractivity contribution in [2.45, 2.75) is 0 Å². The van der Waals surface area contributed by atoms with Gasteiger partial charge in [0.15, 0.2) is 5.82 Å². The number of urea groups is 1. The van der Waals surface area contributed by atoms with Crippen molar-refractivity contribution in [1.82, 2.24) is 19.9 Å². The third-order valence-corrected chi connectivity index (χ3v) is 5.43. The second-order valence-corrected chi connectivity index (χ2v) is 8.29. The van der Waals surface area contributed by atoms with Crippen LogP contribution in [0.15, 0.2) is 55.0 Å². The fourth-order valence-electron chi connectivity index (χ4n) is 3.50. The van der Waals surface area contributed by atoms with Gasteiger partial charge in [0.25, 0.3) is 5.91 Å². The molecule has 3 amide bonds. The van der Waals surface area contributed by atoms with Crippen molar-refractivity contribution >= 4 is 57.8 Å². The zero-order valence-electron chi connectivity index (χ0n) is 18.5. The summed E-state index contributed by atoms with van der Waals surface area (Å²) in [6.45, 7) is 0.720. The van der Waals surface area contributed by atoms with Gasteiger partial charge in [-0.25, -0.2) is 14.3 Å². The lowest BCUT2D eigenvalue weighted by atomic mass is 10.0. The van der Waals surface area contributed by atoms with E-state index >= 15 is 0 Å². The highest BCUT2D eigenvalue weighted by molar-refractivity contribution is 6.35. The highest BCUT2D eigenvalue weighted by Gasteiger charge is 2.21. The zero-order valence-corrected chi connectivity index (χ0v) is 20.0. The molecule has 4 aromatic rings. The Morgan fingerprint density at radius 2 is 1.74 bits per heavy atom. The first-order valence-corrected chi connectivity index (χ1v) is 11.1. The first-order chi connectivity index (χ1) is 16.9. The van der Waals surface area contributed by atoms with Crippen LogP contribution in [0.3, 0.4) is 0 Å². The number of nitrogens with two attached hydrogens (primary N) is 1. The molecule has 2 heterocycles. The molecule has 0 fully saturated rings. The Labute approximate surface area is 210 Å². The number of rotatable bonds is 7. The Morgan fingerprint density at radius 1 is 1.06 bits per heavy atom.